The lowest BCUT2D eigenvalue weighted by atomic mass is 10.1. The van der Waals surface area contributed by atoms with Crippen LogP contribution in [0.1, 0.15) is 12.0 Å². The van der Waals surface area contributed by atoms with Crippen molar-refractivity contribution in [3.05, 3.63) is 69.8 Å². The van der Waals surface area contributed by atoms with Crippen LogP contribution in [0.4, 0.5) is 5.13 Å². The number of aromatic nitrogens is 3. The molecule has 0 saturated heterocycles. The van der Waals surface area contributed by atoms with Crippen LogP contribution in [-0.4, -0.2) is 26.2 Å². The topological polar surface area (TPSA) is 76.9 Å². The Morgan fingerprint density at radius 3 is 2.70 bits per heavy atom. The van der Waals surface area contributed by atoms with Crippen molar-refractivity contribution in [3.63, 3.8) is 0 Å². The molecular weight excluding hydrogens is 416 g/mol. The molecule has 6 nitrogen and oxygen atoms in total. The summed E-state index contributed by atoms with van der Waals surface area (Å²) in [7, 11) is 1.70. The van der Waals surface area contributed by atoms with E-state index in [4.69, 9.17) is 0 Å². The highest BCUT2D eigenvalue weighted by atomic mass is 32.2. The van der Waals surface area contributed by atoms with E-state index < -0.39 is 0 Å². The molecule has 0 spiro atoms. The van der Waals surface area contributed by atoms with E-state index in [0.29, 0.717) is 33.4 Å². The maximum Gasteiger partial charge on any atom is 0.261 e. The molecule has 2 aromatic carbocycles. The van der Waals surface area contributed by atoms with Gasteiger partial charge < -0.3 is 5.32 Å². The number of nitrogens with zero attached hydrogens (tertiary/aromatic N) is 3. The van der Waals surface area contributed by atoms with Gasteiger partial charge in [-0.15, -0.1) is 11.3 Å². The summed E-state index contributed by atoms with van der Waals surface area (Å²) >= 11 is 2.80. The number of hydrogen-bond donors (Lipinski definition) is 1. The number of thioether (sulfide) groups is 1. The highest BCUT2D eigenvalue weighted by Crippen LogP contribution is 2.25. The third-order valence-corrected chi connectivity index (χ3v) is 6.39. The molecule has 1 amide bonds. The van der Waals surface area contributed by atoms with Crippen molar-refractivity contribution >= 4 is 45.0 Å². The summed E-state index contributed by atoms with van der Waals surface area (Å²) in [4.78, 5) is 33.8. The van der Waals surface area contributed by atoms with E-state index in [0.717, 1.165) is 11.3 Å². The first-order valence-corrected chi connectivity index (χ1v) is 11.3. The molecule has 0 saturated carbocycles. The molecule has 0 aliphatic rings. The van der Waals surface area contributed by atoms with Crippen LogP contribution in [0, 0.1) is 6.92 Å². The molecule has 8 heteroatoms. The van der Waals surface area contributed by atoms with Gasteiger partial charge in [0.1, 0.15) is 0 Å². The van der Waals surface area contributed by atoms with Gasteiger partial charge in [-0.25, -0.2) is 9.97 Å². The molecule has 2 heterocycles. The second-order valence-corrected chi connectivity index (χ2v) is 8.75. The molecule has 0 fully saturated rings. The Labute approximate surface area is 182 Å². The number of hydrogen-bond acceptors (Lipinski definition) is 6. The summed E-state index contributed by atoms with van der Waals surface area (Å²) in [6.07, 6.45) is 0.298. The third kappa shape index (κ3) is 4.44. The van der Waals surface area contributed by atoms with Gasteiger partial charge in [0, 0.05) is 30.2 Å². The maximum absolute atomic E-state index is 12.4. The summed E-state index contributed by atoms with van der Waals surface area (Å²) in [6.45, 7) is 2.04. The molecule has 152 valence electrons. The van der Waals surface area contributed by atoms with Gasteiger partial charge in [-0.3, -0.25) is 14.2 Å². The van der Waals surface area contributed by atoms with Gasteiger partial charge in [-0.2, -0.15) is 0 Å². The average molecular weight is 437 g/mol. The van der Waals surface area contributed by atoms with E-state index >= 15 is 0 Å². The molecule has 4 rings (SSSR count). The van der Waals surface area contributed by atoms with Gasteiger partial charge in [0.05, 0.1) is 16.6 Å². The minimum atomic E-state index is -0.113. The predicted molar refractivity (Wildman–Crippen MR) is 123 cm³/mol. The summed E-state index contributed by atoms with van der Waals surface area (Å²) < 4.78 is 1.53. The Bertz CT molecular complexity index is 1260. The van der Waals surface area contributed by atoms with Crippen molar-refractivity contribution in [1.82, 2.24) is 14.5 Å². The zero-order chi connectivity index (χ0) is 21.1. The van der Waals surface area contributed by atoms with Crippen molar-refractivity contribution in [1.29, 1.82) is 0 Å². The SMILES string of the molecule is Cc1ccc(-c2csc(NC(=O)CCSc3nc4ccccc4c(=O)n3C)n2)cc1. The van der Waals surface area contributed by atoms with E-state index in [1.807, 2.05) is 54.8 Å². The number of benzene rings is 2. The van der Waals surface area contributed by atoms with Crippen LogP contribution in [0.15, 0.2) is 63.9 Å². The standard InChI is InChI=1S/C22H20N4O2S2/c1-14-7-9-15(10-8-14)18-13-30-21(23-18)25-19(27)11-12-29-22-24-17-6-4-3-5-16(17)20(28)26(22)2/h3-10,13H,11-12H2,1-2H3,(H,23,25,27). The van der Waals surface area contributed by atoms with Crippen molar-refractivity contribution in [2.24, 2.45) is 7.05 Å². The second-order valence-electron chi connectivity index (χ2n) is 6.83. The number of nitrogens with one attached hydrogen (secondary N) is 1. The van der Waals surface area contributed by atoms with Crippen LogP contribution >= 0.6 is 23.1 Å². The number of carbonyl (C=O) groups is 1. The predicted octanol–water partition coefficient (Wildman–Crippen LogP) is 4.49. The minimum Gasteiger partial charge on any atom is -0.302 e. The van der Waals surface area contributed by atoms with Crippen LogP contribution in [0.5, 0.6) is 0 Å². The van der Waals surface area contributed by atoms with Crippen LogP contribution in [0.3, 0.4) is 0 Å². The summed E-state index contributed by atoms with van der Waals surface area (Å²) in [5.74, 6) is 0.402. The lowest BCUT2D eigenvalue weighted by Gasteiger charge is -2.08. The van der Waals surface area contributed by atoms with Gasteiger partial charge in [0.25, 0.3) is 5.56 Å². The highest BCUT2D eigenvalue weighted by Gasteiger charge is 2.11. The number of thiazole rings is 1. The van der Waals surface area contributed by atoms with Gasteiger partial charge in [-0.05, 0) is 19.1 Å². The fraction of sp³-hybridized carbons (Fsp3) is 0.182. The Morgan fingerprint density at radius 1 is 1.13 bits per heavy atom. The maximum atomic E-state index is 12.4. The molecule has 0 unspecified atom stereocenters. The smallest absolute Gasteiger partial charge is 0.261 e. The van der Waals surface area contributed by atoms with E-state index in [1.165, 1.54) is 33.2 Å². The molecule has 0 bridgehead atoms. The van der Waals surface area contributed by atoms with Crippen molar-refractivity contribution in [3.8, 4) is 11.3 Å². The molecule has 0 aliphatic carbocycles. The number of aryl methyl sites for hydroxylation is 1. The lowest BCUT2D eigenvalue weighted by molar-refractivity contribution is -0.115. The normalized spacial score (nSPS) is 11.0. The zero-order valence-corrected chi connectivity index (χ0v) is 18.2. The molecule has 0 atom stereocenters. The highest BCUT2D eigenvalue weighted by molar-refractivity contribution is 7.99. The second kappa shape index (κ2) is 8.81. The Balaban J connectivity index is 1.36. The van der Waals surface area contributed by atoms with Crippen molar-refractivity contribution < 1.29 is 4.79 Å². The first-order chi connectivity index (χ1) is 14.5. The van der Waals surface area contributed by atoms with Gasteiger partial charge >= 0.3 is 0 Å². The summed E-state index contributed by atoms with van der Waals surface area (Å²) in [6, 6.07) is 15.4. The van der Waals surface area contributed by atoms with Crippen LogP contribution < -0.4 is 10.9 Å². The minimum absolute atomic E-state index is 0.0843. The number of amides is 1. The van der Waals surface area contributed by atoms with E-state index in [2.05, 4.69) is 15.3 Å². The Kier molecular flexibility index (Phi) is 5.96. The van der Waals surface area contributed by atoms with Crippen molar-refractivity contribution in [2.45, 2.75) is 18.5 Å². The van der Waals surface area contributed by atoms with Gasteiger partial charge in [0.15, 0.2) is 10.3 Å². The van der Waals surface area contributed by atoms with Crippen LogP contribution in [0.2, 0.25) is 0 Å². The van der Waals surface area contributed by atoms with Gasteiger partial charge in [0.2, 0.25) is 5.91 Å². The number of para-hydroxylation sites is 1. The fourth-order valence-corrected chi connectivity index (χ4v) is 4.58. The van der Waals surface area contributed by atoms with E-state index in [9.17, 15) is 9.59 Å². The van der Waals surface area contributed by atoms with Crippen LogP contribution in [-0.2, 0) is 11.8 Å². The van der Waals surface area contributed by atoms with E-state index in [-0.39, 0.29) is 11.5 Å². The number of carbonyl (C=O) groups excluding carboxylic acids is 1. The van der Waals surface area contributed by atoms with Crippen LogP contribution in [0.25, 0.3) is 22.2 Å². The Hall–Kier alpha value is -2.97. The van der Waals surface area contributed by atoms with E-state index in [1.54, 1.807) is 13.1 Å². The Morgan fingerprint density at radius 2 is 1.90 bits per heavy atom. The molecule has 1 N–H and O–H groups in total. The molecule has 2 aromatic heterocycles. The largest absolute Gasteiger partial charge is 0.302 e. The monoisotopic (exact) mass is 436 g/mol. The average Bonchev–Trinajstić information content (AvgIpc) is 3.20. The lowest BCUT2D eigenvalue weighted by Crippen LogP contribution is -2.20. The summed E-state index contributed by atoms with van der Waals surface area (Å²) in [5.41, 5.74) is 3.65. The quantitative estimate of drug-likeness (QED) is 0.356. The van der Waals surface area contributed by atoms with Crippen molar-refractivity contribution in [2.75, 3.05) is 11.1 Å². The molecule has 30 heavy (non-hydrogen) atoms. The fourth-order valence-electron chi connectivity index (χ4n) is 2.93. The molecule has 0 aliphatic heterocycles. The molecule has 4 aromatic rings. The zero-order valence-electron chi connectivity index (χ0n) is 16.6. The first kappa shape index (κ1) is 20.3. The third-order valence-electron chi connectivity index (χ3n) is 4.60. The first-order valence-electron chi connectivity index (χ1n) is 9.42. The molecule has 0 radical (unpaired) electrons. The number of fused-ring (bicyclic) bond motifs is 1. The number of anilines is 1. The van der Waals surface area contributed by atoms with Gasteiger partial charge in [-0.1, -0.05) is 53.7 Å². The molecular formula is C22H20N4O2S2. The number of rotatable bonds is 6. The summed E-state index contributed by atoms with van der Waals surface area (Å²) in [5, 5.41) is 6.56.